The van der Waals surface area contributed by atoms with E-state index >= 15 is 0 Å². The van der Waals surface area contributed by atoms with Crippen LogP contribution in [0, 0.1) is 0 Å². The smallest absolute Gasteiger partial charge is 0.416 e. The fourth-order valence-electron chi connectivity index (χ4n) is 3.24. The summed E-state index contributed by atoms with van der Waals surface area (Å²) in [5, 5.41) is 0. The number of ether oxygens (including phenoxy) is 1. The highest BCUT2D eigenvalue weighted by molar-refractivity contribution is 7.89. The van der Waals surface area contributed by atoms with Crippen LogP contribution >= 0.6 is 0 Å². The maximum atomic E-state index is 12.9. The van der Waals surface area contributed by atoms with Crippen molar-refractivity contribution in [3.8, 4) is 5.75 Å². The van der Waals surface area contributed by atoms with Gasteiger partial charge in [0, 0.05) is 31.7 Å². The van der Waals surface area contributed by atoms with E-state index in [1.54, 1.807) is 24.3 Å². The van der Waals surface area contributed by atoms with Crippen molar-refractivity contribution in [3.63, 3.8) is 0 Å². The van der Waals surface area contributed by atoms with Gasteiger partial charge in [-0.3, -0.25) is 4.79 Å². The molecule has 0 radical (unpaired) electrons. The van der Waals surface area contributed by atoms with Gasteiger partial charge in [-0.2, -0.15) is 17.5 Å². The van der Waals surface area contributed by atoms with E-state index in [0.717, 1.165) is 22.5 Å². The zero-order valence-corrected chi connectivity index (χ0v) is 17.9. The zero-order chi connectivity index (χ0) is 22.8. The summed E-state index contributed by atoms with van der Waals surface area (Å²) in [5.41, 5.74) is -0.572. The summed E-state index contributed by atoms with van der Waals surface area (Å²) in [5.74, 6) is 0.399. The van der Waals surface area contributed by atoms with Crippen molar-refractivity contribution in [1.29, 1.82) is 0 Å². The third-order valence-corrected chi connectivity index (χ3v) is 6.69. The number of hydrogen-bond donors (Lipinski definition) is 0. The third kappa shape index (κ3) is 5.37. The number of rotatable bonds is 5. The first-order chi connectivity index (χ1) is 14.5. The van der Waals surface area contributed by atoms with Crippen LogP contribution in [-0.4, -0.2) is 55.8 Å². The van der Waals surface area contributed by atoms with Gasteiger partial charge in [-0.1, -0.05) is 6.07 Å². The number of nitrogens with zero attached hydrogens (tertiary/aromatic N) is 2. The van der Waals surface area contributed by atoms with E-state index in [1.807, 2.05) is 13.8 Å². The molecule has 0 atom stereocenters. The normalized spacial score (nSPS) is 15.9. The maximum absolute atomic E-state index is 12.9. The molecule has 31 heavy (non-hydrogen) atoms. The van der Waals surface area contributed by atoms with Crippen LogP contribution in [0.25, 0.3) is 0 Å². The molecule has 3 rings (SSSR count). The van der Waals surface area contributed by atoms with Crippen LogP contribution < -0.4 is 4.74 Å². The molecule has 0 saturated carbocycles. The molecule has 0 spiro atoms. The summed E-state index contributed by atoms with van der Waals surface area (Å²) in [7, 11) is -4.10. The molecule has 1 aliphatic rings. The van der Waals surface area contributed by atoms with Gasteiger partial charge >= 0.3 is 6.18 Å². The summed E-state index contributed by atoms with van der Waals surface area (Å²) in [6.07, 6.45) is -4.62. The minimum Gasteiger partial charge on any atom is -0.491 e. The van der Waals surface area contributed by atoms with Gasteiger partial charge in [0.15, 0.2) is 0 Å². The Balaban J connectivity index is 1.67. The van der Waals surface area contributed by atoms with Crippen molar-refractivity contribution >= 4 is 15.9 Å². The quantitative estimate of drug-likeness (QED) is 0.689. The number of amides is 1. The Labute approximate surface area is 179 Å². The Hall–Kier alpha value is -2.59. The molecule has 0 N–H and O–H groups in total. The van der Waals surface area contributed by atoms with Crippen LogP contribution in [0.4, 0.5) is 13.2 Å². The van der Waals surface area contributed by atoms with E-state index in [1.165, 1.54) is 4.90 Å². The van der Waals surface area contributed by atoms with Gasteiger partial charge in [0.1, 0.15) is 5.75 Å². The van der Waals surface area contributed by atoms with E-state index in [-0.39, 0.29) is 38.2 Å². The number of piperazine rings is 1. The lowest BCUT2D eigenvalue weighted by Gasteiger charge is -2.34. The molecule has 1 amide bonds. The third-order valence-electron chi connectivity index (χ3n) is 4.80. The van der Waals surface area contributed by atoms with Gasteiger partial charge in [0.05, 0.1) is 16.6 Å². The van der Waals surface area contributed by atoms with Crippen molar-refractivity contribution in [3.05, 3.63) is 59.7 Å². The molecular formula is C21H23F3N2O4S. The lowest BCUT2D eigenvalue weighted by Crippen LogP contribution is -2.50. The van der Waals surface area contributed by atoms with Crippen LogP contribution in [0.1, 0.15) is 29.8 Å². The minimum atomic E-state index is -4.63. The molecule has 2 aromatic rings. The zero-order valence-electron chi connectivity index (χ0n) is 17.1. The highest BCUT2D eigenvalue weighted by atomic mass is 32.2. The van der Waals surface area contributed by atoms with E-state index in [4.69, 9.17) is 4.74 Å². The molecule has 1 saturated heterocycles. The van der Waals surface area contributed by atoms with E-state index in [0.29, 0.717) is 17.4 Å². The largest absolute Gasteiger partial charge is 0.491 e. The van der Waals surface area contributed by atoms with Crippen molar-refractivity contribution in [2.24, 2.45) is 0 Å². The molecule has 2 aromatic carbocycles. The number of sulfonamides is 1. The van der Waals surface area contributed by atoms with Crippen LogP contribution in [0.15, 0.2) is 53.4 Å². The summed E-state index contributed by atoms with van der Waals surface area (Å²) in [4.78, 5) is 13.8. The van der Waals surface area contributed by atoms with Crippen molar-refractivity contribution in [2.45, 2.75) is 31.0 Å². The topological polar surface area (TPSA) is 66.9 Å². The van der Waals surface area contributed by atoms with Crippen LogP contribution in [0.2, 0.25) is 0 Å². The highest BCUT2D eigenvalue weighted by Crippen LogP contribution is 2.31. The number of carbonyl (C=O) groups is 1. The molecule has 0 aromatic heterocycles. The van der Waals surface area contributed by atoms with Crippen molar-refractivity contribution < 1.29 is 31.1 Å². The molecule has 168 valence electrons. The summed E-state index contributed by atoms with van der Waals surface area (Å²) in [6.45, 7) is 4.07. The highest BCUT2D eigenvalue weighted by Gasteiger charge is 2.34. The van der Waals surface area contributed by atoms with Gasteiger partial charge in [0.2, 0.25) is 10.0 Å². The maximum Gasteiger partial charge on any atom is 0.416 e. The average Bonchev–Trinajstić information content (AvgIpc) is 2.73. The number of alkyl halides is 3. The predicted molar refractivity (Wildman–Crippen MR) is 108 cm³/mol. The molecule has 1 aliphatic heterocycles. The van der Waals surface area contributed by atoms with Crippen molar-refractivity contribution in [2.75, 3.05) is 26.2 Å². The second-order valence-corrected chi connectivity index (χ2v) is 9.35. The first-order valence-corrected chi connectivity index (χ1v) is 11.2. The Morgan fingerprint density at radius 1 is 1.00 bits per heavy atom. The van der Waals surface area contributed by atoms with E-state index < -0.39 is 26.7 Å². The van der Waals surface area contributed by atoms with Gasteiger partial charge in [-0.15, -0.1) is 0 Å². The minimum absolute atomic E-state index is 0.00113. The standard InChI is InChI=1S/C21H23F3N2O4S/c1-15(2)30-18-8-6-16(7-9-18)20(27)25-10-12-26(13-11-25)31(28,29)19-5-3-4-17(14-19)21(22,23)24/h3-9,14-15H,10-13H2,1-2H3. The Morgan fingerprint density at radius 3 is 2.16 bits per heavy atom. The van der Waals surface area contributed by atoms with Crippen molar-refractivity contribution in [1.82, 2.24) is 9.21 Å². The Bertz CT molecular complexity index is 1030. The number of carbonyl (C=O) groups excluding carboxylic acids is 1. The molecule has 0 aliphatic carbocycles. The SMILES string of the molecule is CC(C)Oc1ccc(C(=O)N2CCN(S(=O)(=O)c3cccc(C(F)(F)F)c3)CC2)cc1. The van der Waals surface area contributed by atoms with Crippen LogP contribution in [0.3, 0.4) is 0 Å². The molecule has 1 fully saturated rings. The van der Waals surface area contributed by atoms with E-state index in [9.17, 15) is 26.4 Å². The van der Waals surface area contributed by atoms with Crippen LogP contribution in [0.5, 0.6) is 5.75 Å². The molecule has 10 heteroatoms. The summed E-state index contributed by atoms with van der Waals surface area (Å²) in [6, 6.07) is 10.4. The number of halogens is 3. The fourth-order valence-corrected chi connectivity index (χ4v) is 4.71. The number of benzene rings is 2. The molecule has 6 nitrogen and oxygen atoms in total. The van der Waals surface area contributed by atoms with Crippen LogP contribution in [-0.2, 0) is 16.2 Å². The monoisotopic (exact) mass is 456 g/mol. The average molecular weight is 456 g/mol. The van der Waals surface area contributed by atoms with Gasteiger partial charge in [-0.25, -0.2) is 8.42 Å². The number of hydrogen-bond acceptors (Lipinski definition) is 4. The lowest BCUT2D eigenvalue weighted by molar-refractivity contribution is -0.137. The second kappa shape index (κ2) is 8.88. The lowest BCUT2D eigenvalue weighted by atomic mass is 10.2. The molecule has 1 heterocycles. The second-order valence-electron chi connectivity index (χ2n) is 7.41. The molecular weight excluding hydrogens is 433 g/mol. The summed E-state index contributed by atoms with van der Waals surface area (Å²) >= 11 is 0. The Morgan fingerprint density at radius 2 is 1.61 bits per heavy atom. The van der Waals surface area contributed by atoms with Gasteiger partial charge in [0.25, 0.3) is 5.91 Å². The Kier molecular flexibility index (Phi) is 6.61. The van der Waals surface area contributed by atoms with Gasteiger partial charge < -0.3 is 9.64 Å². The predicted octanol–water partition coefficient (Wildman–Crippen LogP) is 3.64. The van der Waals surface area contributed by atoms with Gasteiger partial charge in [-0.05, 0) is 56.3 Å². The molecule has 0 unspecified atom stereocenters. The van der Waals surface area contributed by atoms with E-state index in [2.05, 4.69) is 0 Å². The fraction of sp³-hybridized carbons (Fsp3) is 0.381. The molecule has 0 bridgehead atoms. The first kappa shape index (κ1) is 23.1. The first-order valence-electron chi connectivity index (χ1n) is 9.72. The summed E-state index contributed by atoms with van der Waals surface area (Å²) < 4.78 is 71.0.